The van der Waals surface area contributed by atoms with Crippen LogP contribution in [0.1, 0.15) is 6.42 Å². The number of hydrogen-bond donors (Lipinski definition) is 2. The summed E-state index contributed by atoms with van der Waals surface area (Å²) in [7, 11) is -1.77. The normalized spacial score (nSPS) is 11.9. The molecule has 0 radical (unpaired) electrons. The molecule has 0 atom stereocenters. The molecule has 0 saturated heterocycles. The van der Waals surface area contributed by atoms with Gasteiger partial charge in [0.1, 0.15) is 4.90 Å². The predicted octanol–water partition coefficient (Wildman–Crippen LogP) is -0.338. The van der Waals surface area contributed by atoms with E-state index in [0.29, 0.717) is 6.54 Å². The molecule has 0 saturated carbocycles. The number of hydrogen-bond acceptors (Lipinski definition) is 5. The van der Waals surface area contributed by atoms with Gasteiger partial charge < -0.3 is 10.4 Å². The Kier molecular flexibility index (Phi) is 6.86. The first-order valence-corrected chi connectivity index (χ1v) is 7.89. The fourth-order valence-electron chi connectivity index (χ4n) is 1.73. The van der Waals surface area contributed by atoms with Gasteiger partial charge in [-0.25, -0.2) is 8.42 Å². The summed E-state index contributed by atoms with van der Waals surface area (Å²) < 4.78 is 27.5. The second-order valence-electron chi connectivity index (χ2n) is 4.27. The molecule has 0 aromatic carbocycles. The molecular formula is C12H22N4O3S. The first-order chi connectivity index (χ1) is 9.56. The standard InChI is InChI=1S/C12H22N4O3S/c1-3-6-16(8-9-17)20(18,19)12-10-14-15(11-12)7-4-5-13-2/h3,10-11,13,17H,1,4-9H2,2H3. The van der Waals surface area contributed by atoms with Crippen LogP contribution in [0.4, 0.5) is 0 Å². The van der Waals surface area contributed by atoms with Gasteiger partial charge in [-0.2, -0.15) is 9.40 Å². The lowest BCUT2D eigenvalue weighted by molar-refractivity contribution is 0.260. The van der Waals surface area contributed by atoms with Crippen LogP contribution in [-0.2, 0) is 16.6 Å². The van der Waals surface area contributed by atoms with Crippen molar-refractivity contribution in [2.75, 3.05) is 33.3 Å². The molecule has 114 valence electrons. The third kappa shape index (κ3) is 4.41. The van der Waals surface area contributed by atoms with Gasteiger partial charge in [-0.05, 0) is 20.0 Å². The number of nitrogens with one attached hydrogen (secondary N) is 1. The van der Waals surface area contributed by atoms with Crippen LogP contribution in [0.2, 0.25) is 0 Å². The molecule has 7 nitrogen and oxygen atoms in total. The lowest BCUT2D eigenvalue weighted by Gasteiger charge is -2.18. The Balaban J connectivity index is 2.83. The summed E-state index contributed by atoms with van der Waals surface area (Å²) in [6.07, 6.45) is 5.20. The van der Waals surface area contributed by atoms with Crippen LogP contribution in [0.15, 0.2) is 29.9 Å². The van der Waals surface area contributed by atoms with Crippen LogP contribution >= 0.6 is 0 Å². The van der Waals surface area contributed by atoms with Crippen molar-refractivity contribution < 1.29 is 13.5 Å². The molecule has 0 aliphatic rings. The highest BCUT2D eigenvalue weighted by Gasteiger charge is 2.24. The molecule has 1 heterocycles. The number of aliphatic hydroxyl groups excluding tert-OH is 1. The van der Waals surface area contributed by atoms with Crippen LogP contribution in [0, 0.1) is 0 Å². The van der Waals surface area contributed by atoms with E-state index in [4.69, 9.17) is 5.11 Å². The summed E-state index contributed by atoms with van der Waals surface area (Å²) >= 11 is 0. The van der Waals surface area contributed by atoms with Gasteiger partial charge in [0.05, 0.1) is 12.8 Å². The van der Waals surface area contributed by atoms with Gasteiger partial charge in [0.2, 0.25) is 10.0 Å². The summed E-state index contributed by atoms with van der Waals surface area (Å²) in [6, 6.07) is 0. The molecule has 8 heteroatoms. The molecule has 0 fully saturated rings. The molecule has 0 aliphatic heterocycles. The highest BCUT2D eigenvalue weighted by atomic mass is 32.2. The van der Waals surface area contributed by atoms with Crippen molar-refractivity contribution in [1.29, 1.82) is 0 Å². The average Bonchev–Trinajstić information content (AvgIpc) is 2.88. The van der Waals surface area contributed by atoms with Gasteiger partial charge in [-0.15, -0.1) is 6.58 Å². The van der Waals surface area contributed by atoms with Crippen LogP contribution in [-0.4, -0.2) is 60.9 Å². The zero-order valence-corrected chi connectivity index (χ0v) is 12.5. The Bertz CT molecular complexity index is 513. The van der Waals surface area contributed by atoms with E-state index in [1.165, 1.54) is 22.8 Å². The zero-order chi connectivity index (χ0) is 15.0. The molecule has 2 N–H and O–H groups in total. The van der Waals surface area contributed by atoms with Crippen molar-refractivity contribution in [2.24, 2.45) is 0 Å². The first-order valence-electron chi connectivity index (χ1n) is 6.45. The Labute approximate surface area is 119 Å². The fraction of sp³-hybridized carbons (Fsp3) is 0.583. The first kappa shape index (κ1) is 16.8. The van der Waals surface area contributed by atoms with E-state index in [-0.39, 0.29) is 24.6 Å². The SMILES string of the molecule is C=CCN(CCO)S(=O)(=O)c1cnn(CCCNC)c1. The number of nitrogens with zero attached hydrogens (tertiary/aromatic N) is 3. The molecule has 0 unspecified atom stereocenters. The van der Waals surface area contributed by atoms with E-state index < -0.39 is 10.0 Å². The summed E-state index contributed by atoms with van der Waals surface area (Å²) in [6.45, 7) is 4.99. The average molecular weight is 302 g/mol. The lowest BCUT2D eigenvalue weighted by Crippen LogP contribution is -2.33. The maximum absolute atomic E-state index is 12.4. The van der Waals surface area contributed by atoms with Crippen molar-refractivity contribution >= 4 is 10.0 Å². The minimum absolute atomic E-state index is 0.0410. The van der Waals surface area contributed by atoms with E-state index in [2.05, 4.69) is 17.0 Å². The summed E-state index contributed by atoms with van der Waals surface area (Å²) in [5.41, 5.74) is 0. The maximum atomic E-state index is 12.4. The molecule has 0 amide bonds. The Morgan fingerprint density at radius 1 is 1.60 bits per heavy atom. The molecule has 20 heavy (non-hydrogen) atoms. The Hall–Kier alpha value is -1.22. The fourth-order valence-corrected chi connectivity index (χ4v) is 3.09. The van der Waals surface area contributed by atoms with Gasteiger partial charge in [0, 0.05) is 25.8 Å². The number of aryl methyl sites for hydroxylation is 1. The van der Waals surface area contributed by atoms with Crippen molar-refractivity contribution in [1.82, 2.24) is 19.4 Å². The van der Waals surface area contributed by atoms with Crippen molar-refractivity contribution in [3.05, 3.63) is 25.0 Å². The summed E-state index contributed by atoms with van der Waals surface area (Å²) in [5.74, 6) is 0. The third-order valence-electron chi connectivity index (χ3n) is 2.74. The second-order valence-corrected chi connectivity index (χ2v) is 6.21. The summed E-state index contributed by atoms with van der Waals surface area (Å²) in [5, 5.41) is 16.0. The third-order valence-corrected chi connectivity index (χ3v) is 4.56. The van der Waals surface area contributed by atoms with Crippen LogP contribution in [0.5, 0.6) is 0 Å². The van der Waals surface area contributed by atoms with Crippen molar-refractivity contribution in [2.45, 2.75) is 17.9 Å². The summed E-state index contributed by atoms with van der Waals surface area (Å²) in [4.78, 5) is 0.136. The predicted molar refractivity (Wildman–Crippen MR) is 76.8 cm³/mol. The molecule has 0 bridgehead atoms. The number of sulfonamides is 1. The van der Waals surface area contributed by atoms with E-state index in [0.717, 1.165) is 13.0 Å². The van der Waals surface area contributed by atoms with Crippen LogP contribution in [0.3, 0.4) is 0 Å². The monoisotopic (exact) mass is 302 g/mol. The zero-order valence-electron chi connectivity index (χ0n) is 11.7. The molecular weight excluding hydrogens is 280 g/mol. The number of rotatable bonds is 10. The number of aromatic nitrogens is 2. The van der Waals surface area contributed by atoms with E-state index in [1.807, 2.05) is 7.05 Å². The smallest absolute Gasteiger partial charge is 0.246 e. The maximum Gasteiger partial charge on any atom is 0.246 e. The topological polar surface area (TPSA) is 87.5 Å². The lowest BCUT2D eigenvalue weighted by atomic mass is 10.4. The van der Waals surface area contributed by atoms with E-state index >= 15 is 0 Å². The molecule has 1 rings (SSSR count). The molecule has 1 aromatic rings. The van der Waals surface area contributed by atoms with E-state index in [9.17, 15) is 8.42 Å². The van der Waals surface area contributed by atoms with Gasteiger partial charge in [0.15, 0.2) is 0 Å². The van der Waals surface area contributed by atoms with Gasteiger partial charge >= 0.3 is 0 Å². The van der Waals surface area contributed by atoms with Gasteiger partial charge in [-0.1, -0.05) is 6.08 Å². The van der Waals surface area contributed by atoms with Gasteiger partial charge in [-0.3, -0.25) is 4.68 Å². The van der Waals surface area contributed by atoms with Crippen molar-refractivity contribution in [3.8, 4) is 0 Å². The Morgan fingerprint density at radius 3 is 2.95 bits per heavy atom. The van der Waals surface area contributed by atoms with E-state index in [1.54, 1.807) is 4.68 Å². The van der Waals surface area contributed by atoms with Gasteiger partial charge in [0.25, 0.3) is 0 Å². The van der Waals surface area contributed by atoms with Crippen LogP contribution < -0.4 is 5.32 Å². The second kappa shape index (κ2) is 8.15. The minimum atomic E-state index is -3.63. The highest BCUT2D eigenvalue weighted by Crippen LogP contribution is 2.14. The van der Waals surface area contributed by atoms with Crippen LogP contribution in [0.25, 0.3) is 0 Å². The quantitative estimate of drug-likeness (QED) is 0.456. The van der Waals surface area contributed by atoms with Crippen molar-refractivity contribution in [3.63, 3.8) is 0 Å². The number of aliphatic hydroxyl groups is 1. The minimum Gasteiger partial charge on any atom is -0.395 e. The highest BCUT2D eigenvalue weighted by molar-refractivity contribution is 7.89. The molecule has 1 aromatic heterocycles. The molecule has 0 spiro atoms. The Morgan fingerprint density at radius 2 is 2.35 bits per heavy atom. The largest absolute Gasteiger partial charge is 0.395 e. The molecule has 0 aliphatic carbocycles.